The van der Waals surface area contributed by atoms with Crippen molar-refractivity contribution in [2.24, 2.45) is 0 Å². The van der Waals surface area contributed by atoms with E-state index in [2.05, 4.69) is 25.7 Å². The van der Waals surface area contributed by atoms with Gasteiger partial charge in [0.15, 0.2) is 0 Å². The van der Waals surface area contributed by atoms with Crippen molar-refractivity contribution in [2.45, 2.75) is 13.5 Å². The molecule has 2 heterocycles. The molecule has 176 valence electrons. The number of anilines is 2. The minimum atomic E-state index is -0.331. The van der Waals surface area contributed by atoms with Gasteiger partial charge in [-0.3, -0.25) is 15.0 Å². The summed E-state index contributed by atoms with van der Waals surface area (Å²) in [7, 11) is 0. The van der Waals surface area contributed by atoms with Gasteiger partial charge in [-0.25, -0.2) is 9.97 Å². The molecule has 1 aliphatic rings. The molecule has 34 heavy (non-hydrogen) atoms. The number of hydrazine groups is 2. The lowest BCUT2D eigenvalue weighted by molar-refractivity contribution is -0.129. The van der Waals surface area contributed by atoms with Crippen LogP contribution in [0.3, 0.4) is 0 Å². The van der Waals surface area contributed by atoms with Gasteiger partial charge in [0.25, 0.3) is 5.91 Å². The molecule has 1 fully saturated rings. The summed E-state index contributed by atoms with van der Waals surface area (Å²) in [5, 5.41) is 2.26. The fraction of sp³-hybridized carbons (Fsp3) is 0.250. The summed E-state index contributed by atoms with van der Waals surface area (Å²) in [6.45, 7) is 5.04. The quantitative estimate of drug-likeness (QED) is 0.503. The van der Waals surface area contributed by atoms with E-state index in [9.17, 15) is 9.59 Å². The smallest absolute Gasteiger partial charge is 0.270 e. The first-order valence-corrected chi connectivity index (χ1v) is 11.3. The maximum Gasteiger partial charge on any atom is 0.270 e. The number of carbonyl (C=O) groups is 2. The van der Waals surface area contributed by atoms with Gasteiger partial charge in [0.1, 0.15) is 6.33 Å². The average Bonchev–Trinajstić information content (AvgIpc) is 2.86. The van der Waals surface area contributed by atoms with Gasteiger partial charge in [-0.05, 0) is 42.0 Å². The van der Waals surface area contributed by atoms with Crippen molar-refractivity contribution in [1.29, 1.82) is 0 Å². The van der Waals surface area contributed by atoms with E-state index in [1.165, 1.54) is 18.7 Å². The number of amides is 2. The first-order chi connectivity index (χ1) is 16.5. The molecule has 0 radical (unpaired) electrons. The maximum absolute atomic E-state index is 12.7. The zero-order valence-corrected chi connectivity index (χ0v) is 19.6. The fourth-order valence-electron chi connectivity index (χ4n) is 3.67. The van der Waals surface area contributed by atoms with E-state index >= 15 is 0 Å². The normalized spacial score (nSPS) is 13.6. The molecular formula is C24H26ClN7O2. The second-order valence-electron chi connectivity index (χ2n) is 7.93. The molecule has 9 nitrogen and oxygen atoms in total. The number of benzene rings is 2. The van der Waals surface area contributed by atoms with Gasteiger partial charge in [0.2, 0.25) is 5.91 Å². The van der Waals surface area contributed by atoms with Gasteiger partial charge >= 0.3 is 0 Å². The Morgan fingerprint density at radius 2 is 1.62 bits per heavy atom. The molecule has 0 spiro atoms. The molecule has 2 N–H and O–H groups in total. The van der Waals surface area contributed by atoms with Crippen molar-refractivity contribution in [3.63, 3.8) is 0 Å². The second kappa shape index (κ2) is 11.0. The predicted octanol–water partition coefficient (Wildman–Crippen LogP) is 2.97. The molecule has 1 saturated heterocycles. The molecular weight excluding hydrogens is 454 g/mol. The summed E-state index contributed by atoms with van der Waals surface area (Å²) in [6.07, 6.45) is 4.30. The third-order valence-electron chi connectivity index (χ3n) is 5.53. The van der Waals surface area contributed by atoms with Gasteiger partial charge < -0.3 is 15.2 Å². The summed E-state index contributed by atoms with van der Waals surface area (Å²) in [5.74, 6) is -0.217. The van der Waals surface area contributed by atoms with Crippen LogP contribution in [0.5, 0.6) is 0 Å². The lowest BCUT2D eigenvalue weighted by atomic mass is 10.2. The summed E-state index contributed by atoms with van der Waals surface area (Å²) in [6, 6.07) is 15.4. The first kappa shape index (κ1) is 23.5. The van der Waals surface area contributed by atoms with Gasteiger partial charge in [-0.1, -0.05) is 23.7 Å². The van der Waals surface area contributed by atoms with Crippen LogP contribution in [0.15, 0.2) is 67.3 Å². The molecule has 1 aromatic heterocycles. The molecule has 3 aromatic rings. The predicted molar refractivity (Wildman–Crippen MR) is 131 cm³/mol. The Labute approximate surface area is 203 Å². The van der Waals surface area contributed by atoms with Crippen LogP contribution in [0.1, 0.15) is 22.8 Å². The molecule has 2 aromatic carbocycles. The number of nitrogens with one attached hydrogen (secondary N) is 2. The highest BCUT2D eigenvalue weighted by atomic mass is 35.5. The van der Waals surface area contributed by atoms with Crippen molar-refractivity contribution >= 4 is 34.8 Å². The standard InChI is InChI=1S/C24H26ClN7O2/c1-18(33)30-10-12-31(13-11-30)23-8-6-22(7-9-23)28-32(16-19-2-4-21(25)5-3-19)29-24(34)20-14-26-17-27-15-20/h2-9,14-15,17,28H,10-13,16H2,1H3,(H,29,34). The van der Waals surface area contributed by atoms with E-state index in [1.54, 1.807) is 12.0 Å². The molecule has 4 rings (SSSR count). The van der Waals surface area contributed by atoms with Crippen LogP contribution in [0.4, 0.5) is 11.4 Å². The van der Waals surface area contributed by atoms with Crippen molar-refractivity contribution < 1.29 is 9.59 Å². The minimum absolute atomic E-state index is 0.115. The van der Waals surface area contributed by atoms with Crippen LogP contribution in [-0.4, -0.2) is 58.0 Å². The molecule has 0 unspecified atom stereocenters. The topological polar surface area (TPSA) is 93.7 Å². The lowest BCUT2D eigenvalue weighted by Gasteiger charge is -2.35. The lowest BCUT2D eigenvalue weighted by Crippen LogP contribution is -2.48. The summed E-state index contributed by atoms with van der Waals surface area (Å²) in [5.41, 5.74) is 9.32. The van der Waals surface area contributed by atoms with E-state index in [0.717, 1.165) is 43.1 Å². The van der Waals surface area contributed by atoms with Gasteiger partial charge in [0.05, 0.1) is 17.8 Å². The van der Waals surface area contributed by atoms with Crippen LogP contribution in [0.25, 0.3) is 0 Å². The van der Waals surface area contributed by atoms with Crippen LogP contribution < -0.4 is 15.8 Å². The van der Waals surface area contributed by atoms with E-state index in [1.807, 2.05) is 53.4 Å². The number of aromatic nitrogens is 2. The molecule has 0 saturated carbocycles. The van der Waals surface area contributed by atoms with Gasteiger partial charge in [-0.15, -0.1) is 5.12 Å². The third kappa shape index (κ3) is 6.21. The summed E-state index contributed by atoms with van der Waals surface area (Å²) in [4.78, 5) is 36.2. The number of rotatable bonds is 7. The van der Waals surface area contributed by atoms with Gasteiger partial charge in [0, 0.05) is 56.2 Å². The van der Waals surface area contributed by atoms with E-state index in [0.29, 0.717) is 17.1 Å². The molecule has 2 amide bonds. The summed E-state index contributed by atoms with van der Waals surface area (Å²) < 4.78 is 0. The Morgan fingerprint density at radius 1 is 0.971 bits per heavy atom. The zero-order valence-electron chi connectivity index (χ0n) is 18.8. The third-order valence-corrected chi connectivity index (χ3v) is 5.79. The fourth-order valence-corrected chi connectivity index (χ4v) is 3.79. The Bertz CT molecular complexity index is 1100. The first-order valence-electron chi connectivity index (χ1n) is 10.9. The Balaban J connectivity index is 1.44. The van der Waals surface area contributed by atoms with Gasteiger partial charge in [-0.2, -0.15) is 0 Å². The molecule has 10 heteroatoms. The molecule has 0 bridgehead atoms. The highest BCUT2D eigenvalue weighted by molar-refractivity contribution is 6.30. The zero-order chi connectivity index (χ0) is 23.9. The van der Waals surface area contributed by atoms with Crippen LogP contribution >= 0.6 is 11.6 Å². The number of piperazine rings is 1. The van der Waals surface area contributed by atoms with E-state index < -0.39 is 0 Å². The van der Waals surface area contributed by atoms with Crippen molar-refractivity contribution in [3.8, 4) is 0 Å². The minimum Gasteiger partial charge on any atom is -0.368 e. The molecule has 0 atom stereocenters. The Hall–Kier alpha value is -3.69. The van der Waals surface area contributed by atoms with Crippen LogP contribution in [0, 0.1) is 0 Å². The molecule has 0 aliphatic carbocycles. The summed E-state index contributed by atoms with van der Waals surface area (Å²) >= 11 is 6.01. The average molecular weight is 480 g/mol. The van der Waals surface area contributed by atoms with Crippen molar-refractivity contribution in [2.75, 3.05) is 36.5 Å². The molecule has 1 aliphatic heterocycles. The van der Waals surface area contributed by atoms with Crippen LogP contribution in [0.2, 0.25) is 5.02 Å². The number of halogens is 1. The second-order valence-corrected chi connectivity index (χ2v) is 8.37. The van der Waals surface area contributed by atoms with Crippen LogP contribution in [-0.2, 0) is 11.3 Å². The number of carbonyl (C=O) groups excluding carboxylic acids is 2. The highest BCUT2D eigenvalue weighted by Gasteiger charge is 2.19. The Kier molecular flexibility index (Phi) is 7.56. The largest absolute Gasteiger partial charge is 0.368 e. The van der Waals surface area contributed by atoms with E-state index in [-0.39, 0.29) is 11.8 Å². The Morgan fingerprint density at radius 3 is 2.24 bits per heavy atom. The van der Waals surface area contributed by atoms with E-state index in [4.69, 9.17) is 11.6 Å². The van der Waals surface area contributed by atoms with Crippen molar-refractivity contribution in [3.05, 3.63) is 83.4 Å². The number of nitrogens with zero attached hydrogens (tertiary/aromatic N) is 5. The maximum atomic E-state index is 12.7. The van der Waals surface area contributed by atoms with Crippen molar-refractivity contribution in [1.82, 2.24) is 25.4 Å². The highest BCUT2D eigenvalue weighted by Crippen LogP contribution is 2.20. The number of hydrogen-bond donors (Lipinski definition) is 2. The number of hydrogen-bond acceptors (Lipinski definition) is 7. The monoisotopic (exact) mass is 479 g/mol. The SMILES string of the molecule is CC(=O)N1CCN(c2ccc(NN(Cc3ccc(Cl)cc3)NC(=O)c3cncnc3)cc2)CC1.